The van der Waals surface area contributed by atoms with E-state index in [0.717, 1.165) is 35.6 Å². The van der Waals surface area contributed by atoms with Gasteiger partial charge in [0.25, 0.3) is 0 Å². The van der Waals surface area contributed by atoms with Crippen LogP contribution in [0.3, 0.4) is 0 Å². The number of hydrogen-bond acceptors (Lipinski definition) is 4. The zero-order valence-corrected chi connectivity index (χ0v) is 20.4. The van der Waals surface area contributed by atoms with Crippen LogP contribution >= 0.6 is 12.2 Å². The van der Waals surface area contributed by atoms with Crippen molar-refractivity contribution in [3.05, 3.63) is 83.9 Å². The number of nitrogens with zero attached hydrogens (tertiary/aromatic N) is 3. The van der Waals surface area contributed by atoms with Crippen LogP contribution in [-0.2, 0) is 22.5 Å². The first-order chi connectivity index (χ1) is 16.6. The average Bonchev–Trinajstić information content (AvgIpc) is 3.45. The summed E-state index contributed by atoms with van der Waals surface area (Å²) in [4.78, 5) is 19.6. The van der Waals surface area contributed by atoms with E-state index in [1.807, 2.05) is 48.5 Å². The van der Waals surface area contributed by atoms with Gasteiger partial charge in [0.1, 0.15) is 0 Å². The minimum atomic E-state index is -0.117. The van der Waals surface area contributed by atoms with Crippen LogP contribution in [0.15, 0.2) is 67.0 Å². The number of thiocarbonyl (C=S) groups is 1. The lowest BCUT2D eigenvalue weighted by atomic mass is 10.0. The zero-order valence-electron chi connectivity index (χ0n) is 19.6. The Morgan fingerprint density at radius 2 is 1.97 bits per heavy atom. The molecule has 34 heavy (non-hydrogen) atoms. The van der Waals surface area contributed by atoms with Gasteiger partial charge in [-0.25, -0.2) is 0 Å². The smallest absolute Gasteiger partial charge is 0.226 e. The standard InChI is InChI=1S/C26H31N5O2S/c1-3-19-9-4-5-10-20(19)28-23(32)13-16-31-25(22-12-8-15-30(22)17-18-33-2)24(29-26(31)34)21-11-6-7-14-27-21/h4-12,14-15,24-25H,3,13,16-18H2,1-2H3,(H,28,32)(H,29,34)/t24-,25+/m0/s1. The summed E-state index contributed by atoms with van der Waals surface area (Å²) in [6, 6.07) is 17.7. The SMILES string of the molecule is CCc1ccccc1NC(=O)CCN1C(=S)N[C@@H](c2ccccn2)[C@H]1c1cccn1CCOC. The Bertz CT molecular complexity index is 1120. The van der Waals surface area contributed by atoms with Gasteiger partial charge in [-0.2, -0.15) is 0 Å². The molecule has 8 heteroatoms. The molecule has 1 aliphatic heterocycles. The van der Waals surface area contributed by atoms with Crippen molar-refractivity contribution in [3.63, 3.8) is 0 Å². The molecule has 3 aromatic rings. The van der Waals surface area contributed by atoms with Crippen molar-refractivity contribution >= 4 is 28.9 Å². The maximum atomic E-state index is 12.9. The number of para-hydroxylation sites is 1. The molecule has 3 heterocycles. The van der Waals surface area contributed by atoms with Gasteiger partial charge in [-0.15, -0.1) is 0 Å². The van der Waals surface area contributed by atoms with Crippen molar-refractivity contribution in [3.8, 4) is 0 Å². The Balaban J connectivity index is 1.55. The quantitative estimate of drug-likeness (QED) is 0.429. The number of ether oxygens (including phenoxy) is 1. The van der Waals surface area contributed by atoms with Gasteiger partial charge in [-0.1, -0.05) is 31.2 Å². The number of aryl methyl sites for hydroxylation is 1. The second-order valence-corrected chi connectivity index (χ2v) is 8.63. The summed E-state index contributed by atoms with van der Waals surface area (Å²) >= 11 is 5.74. The highest BCUT2D eigenvalue weighted by Crippen LogP contribution is 2.38. The summed E-state index contributed by atoms with van der Waals surface area (Å²) in [6.07, 6.45) is 5.03. The van der Waals surface area contributed by atoms with Crippen molar-refractivity contribution in [1.82, 2.24) is 19.8 Å². The number of nitrogens with one attached hydrogen (secondary N) is 2. The molecule has 0 saturated carbocycles. The third kappa shape index (κ3) is 5.29. The molecule has 7 nitrogen and oxygen atoms in total. The summed E-state index contributed by atoms with van der Waals surface area (Å²) in [5.74, 6) is -0.0292. The predicted octanol–water partition coefficient (Wildman–Crippen LogP) is 4.09. The number of carbonyl (C=O) groups is 1. The van der Waals surface area contributed by atoms with Crippen LogP contribution in [-0.4, -0.2) is 45.7 Å². The monoisotopic (exact) mass is 477 g/mol. The van der Waals surface area contributed by atoms with Crippen LogP contribution in [0, 0.1) is 0 Å². The molecule has 4 rings (SSSR count). The molecular weight excluding hydrogens is 446 g/mol. The Labute approximate surface area is 206 Å². The van der Waals surface area contributed by atoms with Gasteiger partial charge in [-0.05, 0) is 54.5 Å². The number of benzene rings is 1. The highest BCUT2D eigenvalue weighted by atomic mass is 32.1. The van der Waals surface area contributed by atoms with Crippen LogP contribution in [0.4, 0.5) is 5.69 Å². The van der Waals surface area contributed by atoms with Crippen LogP contribution in [0.25, 0.3) is 0 Å². The molecule has 1 amide bonds. The van der Waals surface area contributed by atoms with E-state index in [2.05, 4.69) is 44.3 Å². The summed E-state index contributed by atoms with van der Waals surface area (Å²) in [6.45, 7) is 3.93. The first kappa shape index (κ1) is 23.9. The lowest BCUT2D eigenvalue weighted by molar-refractivity contribution is -0.116. The van der Waals surface area contributed by atoms with Crippen molar-refractivity contribution < 1.29 is 9.53 Å². The fourth-order valence-corrected chi connectivity index (χ4v) is 4.77. The first-order valence-electron chi connectivity index (χ1n) is 11.6. The summed E-state index contributed by atoms with van der Waals surface area (Å²) < 4.78 is 7.49. The van der Waals surface area contributed by atoms with Gasteiger partial charge >= 0.3 is 0 Å². The molecule has 1 fully saturated rings. The van der Waals surface area contributed by atoms with E-state index in [-0.39, 0.29) is 18.0 Å². The Morgan fingerprint density at radius 3 is 2.74 bits per heavy atom. The van der Waals surface area contributed by atoms with Crippen molar-refractivity contribution in [2.45, 2.75) is 38.4 Å². The van der Waals surface area contributed by atoms with Gasteiger partial charge in [0.2, 0.25) is 5.91 Å². The topological polar surface area (TPSA) is 71.4 Å². The minimum Gasteiger partial charge on any atom is -0.383 e. The predicted molar refractivity (Wildman–Crippen MR) is 138 cm³/mol. The highest BCUT2D eigenvalue weighted by molar-refractivity contribution is 7.80. The molecule has 0 spiro atoms. The second-order valence-electron chi connectivity index (χ2n) is 8.25. The largest absolute Gasteiger partial charge is 0.383 e. The van der Waals surface area contributed by atoms with Gasteiger partial charge in [-0.3, -0.25) is 9.78 Å². The number of amides is 1. The third-order valence-corrected chi connectivity index (χ3v) is 6.51. The van der Waals surface area contributed by atoms with E-state index in [1.165, 1.54) is 0 Å². The van der Waals surface area contributed by atoms with E-state index in [1.54, 1.807) is 13.3 Å². The molecule has 2 atom stereocenters. The van der Waals surface area contributed by atoms with Crippen LogP contribution in [0.5, 0.6) is 0 Å². The van der Waals surface area contributed by atoms with Gasteiger partial charge in [0.05, 0.1) is 24.4 Å². The fraction of sp³-hybridized carbons (Fsp3) is 0.346. The average molecular weight is 478 g/mol. The van der Waals surface area contributed by atoms with E-state index in [9.17, 15) is 4.79 Å². The highest BCUT2D eigenvalue weighted by Gasteiger charge is 2.41. The minimum absolute atomic E-state index is 0.0292. The Hall–Kier alpha value is -3.23. The molecule has 1 aromatic carbocycles. The molecule has 1 aliphatic rings. The molecule has 0 radical (unpaired) electrons. The lowest BCUT2D eigenvalue weighted by Crippen LogP contribution is -2.33. The fourth-order valence-electron chi connectivity index (χ4n) is 4.44. The van der Waals surface area contributed by atoms with Crippen LogP contribution in [0.1, 0.15) is 42.4 Å². The maximum absolute atomic E-state index is 12.9. The summed E-state index contributed by atoms with van der Waals surface area (Å²) in [7, 11) is 1.70. The molecule has 1 saturated heterocycles. The number of carbonyl (C=O) groups excluding carboxylic acids is 1. The number of rotatable bonds is 10. The van der Waals surface area contributed by atoms with E-state index >= 15 is 0 Å². The number of aromatic nitrogens is 2. The van der Waals surface area contributed by atoms with E-state index in [0.29, 0.717) is 24.7 Å². The number of pyridine rings is 1. The number of anilines is 1. The molecule has 0 unspecified atom stereocenters. The normalized spacial score (nSPS) is 17.6. The molecule has 0 aliphatic carbocycles. The molecule has 2 N–H and O–H groups in total. The molecule has 178 valence electrons. The Morgan fingerprint density at radius 1 is 1.15 bits per heavy atom. The first-order valence-corrected chi connectivity index (χ1v) is 12.0. The molecule has 2 aromatic heterocycles. The summed E-state index contributed by atoms with van der Waals surface area (Å²) in [5.41, 5.74) is 4.02. The van der Waals surface area contributed by atoms with Crippen molar-refractivity contribution in [2.75, 3.05) is 25.6 Å². The second kappa shape index (κ2) is 11.3. The molecule has 0 bridgehead atoms. The molecular formula is C26H31N5O2S. The van der Waals surface area contributed by atoms with Crippen molar-refractivity contribution in [1.29, 1.82) is 0 Å². The maximum Gasteiger partial charge on any atom is 0.226 e. The summed E-state index contributed by atoms with van der Waals surface area (Å²) in [5, 5.41) is 7.15. The van der Waals surface area contributed by atoms with Crippen molar-refractivity contribution in [2.24, 2.45) is 0 Å². The van der Waals surface area contributed by atoms with Gasteiger partial charge in [0.15, 0.2) is 5.11 Å². The van der Waals surface area contributed by atoms with E-state index < -0.39 is 0 Å². The number of methoxy groups -OCH3 is 1. The van der Waals surface area contributed by atoms with E-state index in [4.69, 9.17) is 17.0 Å². The number of hydrogen-bond donors (Lipinski definition) is 2. The van der Waals surface area contributed by atoms with Gasteiger partial charge in [0, 0.05) is 50.4 Å². The lowest BCUT2D eigenvalue weighted by Gasteiger charge is -2.28. The van der Waals surface area contributed by atoms with Crippen LogP contribution in [0.2, 0.25) is 0 Å². The van der Waals surface area contributed by atoms with Crippen LogP contribution < -0.4 is 10.6 Å². The van der Waals surface area contributed by atoms with Gasteiger partial charge < -0.3 is 24.8 Å². The zero-order chi connectivity index (χ0) is 23.9. The third-order valence-electron chi connectivity index (χ3n) is 6.15. The Kier molecular flexibility index (Phi) is 7.92.